The zero-order chi connectivity index (χ0) is 14.9. The van der Waals surface area contributed by atoms with Gasteiger partial charge in [-0.25, -0.2) is 0 Å². The summed E-state index contributed by atoms with van der Waals surface area (Å²) in [5, 5.41) is 11.9. The van der Waals surface area contributed by atoms with Crippen LogP contribution in [0.1, 0.15) is 22.3 Å². The molecule has 0 atom stereocenters. The zero-order valence-corrected chi connectivity index (χ0v) is 12.6. The first-order chi connectivity index (χ1) is 9.38. The maximum Gasteiger partial charge on any atom is 0.238 e. The second kappa shape index (κ2) is 5.73. The van der Waals surface area contributed by atoms with E-state index in [1.807, 2.05) is 32.0 Å². The number of halogens is 1. The van der Waals surface area contributed by atoms with Crippen molar-refractivity contribution in [1.29, 1.82) is 0 Å². The third kappa shape index (κ3) is 3.05. The summed E-state index contributed by atoms with van der Waals surface area (Å²) in [5.74, 6) is 0. The van der Waals surface area contributed by atoms with Crippen molar-refractivity contribution in [2.24, 2.45) is 0 Å². The van der Waals surface area contributed by atoms with Gasteiger partial charge in [0, 0.05) is 12.6 Å². The summed E-state index contributed by atoms with van der Waals surface area (Å²) in [4.78, 5) is 0. The largest absolute Gasteiger partial charge is 0.805 e. The Labute approximate surface area is 123 Å². The Bertz CT molecular complexity index is 830. The van der Waals surface area contributed by atoms with Crippen LogP contribution >= 0.6 is 11.6 Å². The van der Waals surface area contributed by atoms with E-state index in [1.54, 1.807) is 0 Å². The minimum Gasteiger partial charge on any atom is -0.805 e. The van der Waals surface area contributed by atoms with Gasteiger partial charge in [-0.05, 0) is 36.6 Å². The lowest BCUT2D eigenvalue weighted by atomic mass is 9.99. The number of aromatic nitrogens is 1. The fraction of sp³-hybridized carbons (Fsp3) is 0.214. The minimum atomic E-state index is -2.60. The molecule has 106 valence electrons. The number of benzene rings is 1. The van der Waals surface area contributed by atoms with E-state index in [-0.39, 0.29) is 9.66 Å². The molecule has 2 rings (SSSR count). The Morgan fingerprint density at radius 3 is 2.55 bits per heavy atom. The quantitative estimate of drug-likeness (QED) is 0.801. The van der Waals surface area contributed by atoms with Gasteiger partial charge in [-0.15, -0.1) is 0 Å². The molecule has 0 radical (unpaired) electrons. The van der Waals surface area contributed by atoms with E-state index in [1.165, 1.54) is 6.07 Å². The van der Waals surface area contributed by atoms with Crippen molar-refractivity contribution in [3.8, 4) is 0 Å². The lowest BCUT2D eigenvalue weighted by Gasteiger charge is -2.14. The molecule has 0 bridgehead atoms. The van der Waals surface area contributed by atoms with Crippen molar-refractivity contribution < 1.29 is 8.42 Å². The molecular formula is C14H13ClNO3S-. The van der Waals surface area contributed by atoms with E-state index in [0.29, 0.717) is 16.7 Å². The highest BCUT2D eigenvalue weighted by Gasteiger charge is 2.06. The molecule has 6 heteroatoms. The lowest BCUT2D eigenvalue weighted by molar-refractivity contribution is 0.623. The van der Waals surface area contributed by atoms with Crippen molar-refractivity contribution in [1.82, 2.24) is 4.73 Å². The van der Waals surface area contributed by atoms with Crippen LogP contribution < -0.4 is 0 Å². The van der Waals surface area contributed by atoms with Gasteiger partial charge in [-0.2, -0.15) is 8.42 Å². The molecule has 20 heavy (non-hydrogen) atoms. The first-order valence-electron chi connectivity index (χ1n) is 5.95. The van der Waals surface area contributed by atoms with Gasteiger partial charge in [-0.1, -0.05) is 35.4 Å². The van der Waals surface area contributed by atoms with Gasteiger partial charge in [0.2, 0.25) is 10.3 Å². The molecule has 0 aliphatic heterocycles. The molecule has 1 aromatic carbocycles. The van der Waals surface area contributed by atoms with Crippen molar-refractivity contribution in [3.63, 3.8) is 0 Å². The van der Waals surface area contributed by atoms with E-state index < -0.39 is 10.3 Å². The minimum absolute atomic E-state index is 0.217. The van der Waals surface area contributed by atoms with Crippen LogP contribution in [0.4, 0.5) is 0 Å². The average molecular weight is 311 g/mol. The van der Waals surface area contributed by atoms with Crippen LogP contribution in [0, 0.1) is 23.7 Å². The zero-order valence-electron chi connectivity index (χ0n) is 11.1. The van der Waals surface area contributed by atoms with Crippen molar-refractivity contribution in [2.75, 3.05) is 0 Å². The van der Waals surface area contributed by atoms with Crippen LogP contribution in [0.5, 0.6) is 0 Å². The number of hydrogen-bond donors (Lipinski definition) is 0. The highest BCUT2D eigenvalue weighted by Crippen LogP contribution is 2.19. The Hall–Kier alpha value is -1.72. The number of aryl methyl sites for hydroxylation is 2. The van der Waals surface area contributed by atoms with E-state index >= 15 is 0 Å². The van der Waals surface area contributed by atoms with Crippen LogP contribution in [0.3, 0.4) is 0 Å². The summed E-state index contributed by atoms with van der Waals surface area (Å²) in [6, 6.07) is 7.44. The summed E-state index contributed by atoms with van der Waals surface area (Å²) in [6.07, 6.45) is 1.39. The molecule has 0 saturated heterocycles. The molecule has 0 aliphatic rings. The number of nitrogens with zero attached hydrogens (tertiary/aromatic N) is 1. The van der Waals surface area contributed by atoms with E-state index in [2.05, 4.69) is 0 Å². The van der Waals surface area contributed by atoms with Gasteiger partial charge < -0.3 is 9.94 Å². The van der Waals surface area contributed by atoms with Crippen LogP contribution in [0.2, 0.25) is 5.02 Å². The Kier molecular flexibility index (Phi) is 4.20. The fourth-order valence-electron chi connectivity index (χ4n) is 2.08. The summed E-state index contributed by atoms with van der Waals surface area (Å²) in [7, 11) is -2.60. The Balaban J connectivity index is 2.66. The summed E-state index contributed by atoms with van der Waals surface area (Å²) in [6.45, 7) is 3.90. The SMILES string of the molecule is Cc1ccc(C)c(Cc2cc(Cl)cn([O-])c2=S(=O)=O)c1. The van der Waals surface area contributed by atoms with Gasteiger partial charge in [0.05, 0.1) is 5.02 Å². The molecule has 0 unspecified atom stereocenters. The van der Waals surface area contributed by atoms with E-state index in [9.17, 15) is 13.6 Å². The molecule has 0 aliphatic carbocycles. The van der Waals surface area contributed by atoms with Gasteiger partial charge in [0.15, 0.2) is 4.64 Å². The predicted molar refractivity (Wildman–Crippen MR) is 79.1 cm³/mol. The molecule has 0 amide bonds. The summed E-state index contributed by atoms with van der Waals surface area (Å²) < 4.78 is 22.5. The highest BCUT2D eigenvalue weighted by atomic mass is 35.5. The molecule has 0 saturated carbocycles. The molecule has 1 heterocycles. The molecule has 2 aromatic rings. The molecular weight excluding hydrogens is 298 g/mol. The Morgan fingerprint density at radius 1 is 1.20 bits per heavy atom. The van der Waals surface area contributed by atoms with Crippen molar-refractivity contribution in [3.05, 3.63) is 67.6 Å². The van der Waals surface area contributed by atoms with Crippen LogP contribution in [0.25, 0.3) is 0 Å². The van der Waals surface area contributed by atoms with Gasteiger partial charge in [-0.3, -0.25) is 0 Å². The summed E-state index contributed by atoms with van der Waals surface area (Å²) >= 11 is 5.84. The van der Waals surface area contributed by atoms with Crippen LogP contribution in [0.15, 0.2) is 30.5 Å². The van der Waals surface area contributed by atoms with Crippen LogP contribution in [-0.2, 0) is 16.7 Å². The third-order valence-corrected chi connectivity index (χ3v) is 4.04. The van der Waals surface area contributed by atoms with Crippen molar-refractivity contribution in [2.45, 2.75) is 20.3 Å². The maximum atomic E-state index is 11.7. The second-order valence-electron chi connectivity index (χ2n) is 4.66. The molecule has 1 aromatic heterocycles. The third-order valence-electron chi connectivity index (χ3n) is 3.07. The normalized spacial score (nSPS) is 10.6. The number of rotatable bonds is 2. The fourth-order valence-corrected chi connectivity index (χ4v) is 2.85. The number of pyridine rings is 1. The van der Waals surface area contributed by atoms with E-state index in [0.717, 1.165) is 22.9 Å². The highest BCUT2D eigenvalue weighted by molar-refractivity contribution is 7.63. The maximum absolute atomic E-state index is 11.7. The first kappa shape index (κ1) is 14.7. The van der Waals surface area contributed by atoms with Gasteiger partial charge in [0.25, 0.3) is 0 Å². The average Bonchev–Trinajstić information content (AvgIpc) is 2.32. The smallest absolute Gasteiger partial charge is 0.238 e. The predicted octanol–water partition coefficient (Wildman–Crippen LogP) is 3.11. The standard InChI is InChI=1S/C14H13ClNO3S/c1-9-3-4-10(2)11(5-9)6-12-7-13(15)8-16(17)14(12)20(18)19/h3-5,7-8H,6H2,1-2H3/q-1. The molecule has 0 fully saturated rings. The number of hydrogen-bond acceptors (Lipinski definition) is 3. The monoisotopic (exact) mass is 310 g/mol. The lowest BCUT2D eigenvalue weighted by Crippen LogP contribution is -2.01. The Morgan fingerprint density at radius 2 is 1.90 bits per heavy atom. The summed E-state index contributed by atoms with van der Waals surface area (Å²) in [5.41, 5.74) is 3.48. The van der Waals surface area contributed by atoms with Crippen LogP contribution in [-0.4, -0.2) is 13.1 Å². The topological polar surface area (TPSA) is 62.1 Å². The van der Waals surface area contributed by atoms with Gasteiger partial charge in [0.1, 0.15) is 0 Å². The van der Waals surface area contributed by atoms with E-state index in [4.69, 9.17) is 11.6 Å². The second-order valence-corrected chi connectivity index (χ2v) is 5.95. The van der Waals surface area contributed by atoms with Crippen molar-refractivity contribution >= 4 is 21.9 Å². The first-order valence-corrected chi connectivity index (χ1v) is 7.40. The molecule has 0 spiro atoms. The molecule has 4 nitrogen and oxygen atoms in total. The van der Waals surface area contributed by atoms with Gasteiger partial charge >= 0.3 is 0 Å². The molecule has 0 N–H and O–H groups in total.